The highest BCUT2D eigenvalue weighted by molar-refractivity contribution is 7.89. The van der Waals surface area contributed by atoms with Gasteiger partial charge in [0.1, 0.15) is 12.4 Å². The fraction of sp³-hybridized carbons (Fsp3) is 0.250. The second kappa shape index (κ2) is 6.69. The van der Waals surface area contributed by atoms with Crippen molar-refractivity contribution in [3.05, 3.63) is 53.1 Å². The van der Waals surface area contributed by atoms with Gasteiger partial charge >= 0.3 is 5.76 Å². The average molecular weight is 363 g/mol. The first-order valence-electron chi connectivity index (χ1n) is 7.49. The van der Waals surface area contributed by atoms with Gasteiger partial charge in [-0.2, -0.15) is 0 Å². The van der Waals surface area contributed by atoms with E-state index in [2.05, 4.69) is 4.98 Å². The average Bonchev–Trinajstić information content (AvgIpc) is 2.91. The zero-order chi connectivity index (χ0) is 18.0. The lowest BCUT2D eigenvalue weighted by Gasteiger charge is -2.12. The number of ether oxygens (including phenoxy) is 1. The summed E-state index contributed by atoms with van der Waals surface area (Å²) < 4.78 is 37.2. The van der Waals surface area contributed by atoms with E-state index in [-0.39, 0.29) is 18.0 Å². The molecule has 25 heavy (non-hydrogen) atoms. The van der Waals surface area contributed by atoms with E-state index in [1.165, 1.54) is 30.8 Å². The molecule has 3 aromatic rings. The van der Waals surface area contributed by atoms with E-state index in [0.29, 0.717) is 17.0 Å². The number of nitrogens with zero attached hydrogens (tertiary/aromatic N) is 3. The van der Waals surface area contributed by atoms with Crippen LogP contribution in [0.25, 0.3) is 11.2 Å². The van der Waals surface area contributed by atoms with Crippen LogP contribution in [0.15, 0.2) is 56.7 Å². The van der Waals surface area contributed by atoms with Crippen LogP contribution in [0.2, 0.25) is 0 Å². The normalized spacial score (nSPS) is 12.0. The number of sulfonamides is 1. The van der Waals surface area contributed by atoms with Crippen LogP contribution in [0.4, 0.5) is 0 Å². The third-order valence-electron chi connectivity index (χ3n) is 3.61. The van der Waals surface area contributed by atoms with Crippen molar-refractivity contribution in [2.45, 2.75) is 11.4 Å². The lowest BCUT2D eigenvalue weighted by molar-refractivity contribution is 0.293. The summed E-state index contributed by atoms with van der Waals surface area (Å²) in [5.74, 6) is 0.0104. The maximum Gasteiger partial charge on any atom is 0.421 e. The van der Waals surface area contributed by atoms with E-state index in [1.807, 2.05) is 0 Å². The first-order valence-corrected chi connectivity index (χ1v) is 8.93. The SMILES string of the molecule is CN(C)S(=O)(=O)c1ccc(OCCn2c(=O)oc3cccnc32)cc1. The third-order valence-corrected chi connectivity index (χ3v) is 5.44. The molecule has 0 spiro atoms. The second-order valence-corrected chi connectivity index (χ2v) is 7.60. The molecule has 0 radical (unpaired) electrons. The lowest BCUT2D eigenvalue weighted by Crippen LogP contribution is -2.22. The molecule has 0 aliphatic carbocycles. The number of hydrogen-bond acceptors (Lipinski definition) is 6. The Morgan fingerprint density at radius 3 is 2.60 bits per heavy atom. The minimum Gasteiger partial charge on any atom is -0.492 e. The first kappa shape index (κ1) is 17.2. The Bertz CT molecular complexity index is 1040. The molecule has 0 saturated heterocycles. The summed E-state index contributed by atoms with van der Waals surface area (Å²) in [6, 6.07) is 9.47. The minimum absolute atomic E-state index is 0.186. The Balaban J connectivity index is 1.68. The van der Waals surface area contributed by atoms with Gasteiger partial charge in [-0.25, -0.2) is 22.5 Å². The van der Waals surface area contributed by atoms with Gasteiger partial charge in [-0.15, -0.1) is 0 Å². The van der Waals surface area contributed by atoms with Gasteiger partial charge < -0.3 is 9.15 Å². The molecule has 9 heteroatoms. The maximum atomic E-state index is 12.0. The van der Waals surface area contributed by atoms with Crippen LogP contribution < -0.4 is 10.5 Å². The van der Waals surface area contributed by atoms with E-state index < -0.39 is 15.8 Å². The number of aromatic nitrogens is 2. The number of oxazole rings is 1. The molecule has 0 aliphatic heterocycles. The Morgan fingerprint density at radius 1 is 1.20 bits per heavy atom. The topological polar surface area (TPSA) is 94.6 Å². The number of fused-ring (bicyclic) bond motifs is 1. The molecule has 3 rings (SSSR count). The molecule has 2 aromatic heterocycles. The van der Waals surface area contributed by atoms with Crippen LogP contribution in [0.3, 0.4) is 0 Å². The van der Waals surface area contributed by atoms with Crippen molar-refractivity contribution < 1.29 is 17.6 Å². The van der Waals surface area contributed by atoms with Gasteiger partial charge in [-0.1, -0.05) is 0 Å². The van der Waals surface area contributed by atoms with Crippen LogP contribution >= 0.6 is 0 Å². The predicted molar refractivity (Wildman–Crippen MR) is 91.1 cm³/mol. The van der Waals surface area contributed by atoms with Crippen LogP contribution in [-0.2, 0) is 16.6 Å². The molecule has 0 unspecified atom stereocenters. The predicted octanol–water partition coefficient (Wildman–Crippen LogP) is 1.32. The Hall–Kier alpha value is -2.65. The molecule has 0 bridgehead atoms. The van der Waals surface area contributed by atoms with Crippen molar-refractivity contribution in [2.24, 2.45) is 0 Å². The standard InChI is InChI=1S/C16H17N3O5S/c1-18(2)25(21,22)13-7-5-12(6-8-13)23-11-10-19-15-14(24-16(19)20)4-3-9-17-15/h3-9H,10-11H2,1-2H3. The van der Waals surface area contributed by atoms with Gasteiger partial charge in [0.05, 0.1) is 11.4 Å². The van der Waals surface area contributed by atoms with E-state index in [4.69, 9.17) is 9.15 Å². The van der Waals surface area contributed by atoms with E-state index in [1.54, 1.807) is 30.5 Å². The van der Waals surface area contributed by atoms with Crippen LogP contribution in [0.5, 0.6) is 5.75 Å². The third kappa shape index (κ3) is 3.42. The number of benzene rings is 1. The van der Waals surface area contributed by atoms with Crippen LogP contribution in [-0.4, -0.2) is 43.0 Å². The summed E-state index contributed by atoms with van der Waals surface area (Å²) >= 11 is 0. The molecule has 132 valence electrons. The zero-order valence-corrected chi connectivity index (χ0v) is 14.6. The van der Waals surface area contributed by atoms with Crippen molar-refractivity contribution in [2.75, 3.05) is 20.7 Å². The quantitative estimate of drug-likeness (QED) is 0.655. The molecule has 0 N–H and O–H groups in total. The summed E-state index contributed by atoms with van der Waals surface area (Å²) in [6.45, 7) is 0.478. The summed E-state index contributed by atoms with van der Waals surface area (Å²) in [7, 11) is -0.522. The van der Waals surface area contributed by atoms with Crippen molar-refractivity contribution in [1.82, 2.24) is 13.9 Å². The minimum atomic E-state index is -3.47. The monoisotopic (exact) mass is 363 g/mol. The fourth-order valence-electron chi connectivity index (χ4n) is 2.27. The van der Waals surface area contributed by atoms with Crippen LogP contribution in [0.1, 0.15) is 0 Å². The lowest BCUT2D eigenvalue weighted by atomic mass is 10.3. The zero-order valence-electron chi connectivity index (χ0n) is 13.7. The smallest absolute Gasteiger partial charge is 0.421 e. The van der Waals surface area contributed by atoms with Crippen molar-refractivity contribution in [1.29, 1.82) is 0 Å². The van der Waals surface area contributed by atoms with Gasteiger partial charge in [-0.3, -0.25) is 4.57 Å². The summed E-state index contributed by atoms with van der Waals surface area (Å²) in [6.07, 6.45) is 1.58. The van der Waals surface area contributed by atoms with Gasteiger partial charge in [0.15, 0.2) is 11.2 Å². The molecule has 0 atom stereocenters. The Labute approximate surface area is 144 Å². The maximum absolute atomic E-state index is 12.0. The van der Waals surface area contributed by atoms with E-state index >= 15 is 0 Å². The molecule has 2 heterocycles. The van der Waals surface area contributed by atoms with Gasteiger partial charge in [0.2, 0.25) is 10.0 Å². The van der Waals surface area contributed by atoms with Crippen molar-refractivity contribution in [3.63, 3.8) is 0 Å². The molecule has 1 aromatic carbocycles. The van der Waals surface area contributed by atoms with Crippen LogP contribution in [0, 0.1) is 0 Å². The number of rotatable bonds is 6. The Morgan fingerprint density at radius 2 is 1.92 bits per heavy atom. The van der Waals surface area contributed by atoms with Crippen molar-refractivity contribution >= 4 is 21.3 Å². The van der Waals surface area contributed by atoms with Crippen molar-refractivity contribution in [3.8, 4) is 5.75 Å². The Kier molecular flexibility index (Phi) is 4.60. The highest BCUT2D eigenvalue weighted by Crippen LogP contribution is 2.18. The first-order chi connectivity index (χ1) is 11.9. The van der Waals surface area contributed by atoms with Gasteiger partial charge in [0, 0.05) is 20.3 Å². The molecular weight excluding hydrogens is 346 g/mol. The van der Waals surface area contributed by atoms with Gasteiger partial charge in [-0.05, 0) is 36.4 Å². The molecule has 0 amide bonds. The van der Waals surface area contributed by atoms with Gasteiger partial charge in [0.25, 0.3) is 0 Å². The molecule has 8 nitrogen and oxygen atoms in total. The molecule has 0 aliphatic rings. The molecule has 0 saturated carbocycles. The van der Waals surface area contributed by atoms with E-state index in [0.717, 1.165) is 4.31 Å². The van der Waals surface area contributed by atoms with E-state index in [9.17, 15) is 13.2 Å². The second-order valence-electron chi connectivity index (χ2n) is 5.45. The summed E-state index contributed by atoms with van der Waals surface area (Å²) in [5.41, 5.74) is 0.884. The number of pyridine rings is 1. The fourth-order valence-corrected chi connectivity index (χ4v) is 3.17. The summed E-state index contributed by atoms with van der Waals surface area (Å²) in [4.78, 5) is 16.1. The summed E-state index contributed by atoms with van der Waals surface area (Å²) in [5, 5.41) is 0. The largest absolute Gasteiger partial charge is 0.492 e. The highest BCUT2D eigenvalue weighted by atomic mass is 32.2. The highest BCUT2D eigenvalue weighted by Gasteiger charge is 2.16. The molecular formula is C16H17N3O5S. The molecule has 0 fully saturated rings. The number of hydrogen-bond donors (Lipinski definition) is 0.